The zero-order valence-corrected chi connectivity index (χ0v) is 17.8. The predicted octanol–water partition coefficient (Wildman–Crippen LogP) is 3.65. The van der Waals surface area contributed by atoms with Gasteiger partial charge in [-0.1, -0.05) is 25.8 Å². The van der Waals surface area contributed by atoms with Crippen molar-refractivity contribution in [1.82, 2.24) is 5.32 Å². The summed E-state index contributed by atoms with van der Waals surface area (Å²) in [6, 6.07) is 10.0. The molecule has 0 bridgehead atoms. The molecule has 6 nitrogen and oxygen atoms in total. The number of carbonyl (C=O) groups is 1. The number of carbonyl (C=O) groups excluding carboxylic acids is 1. The van der Waals surface area contributed by atoms with E-state index >= 15 is 0 Å². The second kappa shape index (κ2) is 8.96. The van der Waals surface area contributed by atoms with Crippen molar-refractivity contribution in [3.05, 3.63) is 41.8 Å². The number of nitrogens with zero attached hydrogens (tertiary/aromatic N) is 1. The fraction of sp³-hybridized carbons (Fsp3) is 0.450. The molecule has 1 amide bonds. The maximum atomic E-state index is 13.2. The molecule has 1 aliphatic rings. The summed E-state index contributed by atoms with van der Waals surface area (Å²) in [5, 5.41) is 4.75. The molecule has 1 heterocycles. The zero-order chi connectivity index (χ0) is 20.1. The van der Waals surface area contributed by atoms with Crippen LogP contribution in [-0.4, -0.2) is 34.0 Å². The van der Waals surface area contributed by atoms with E-state index in [2.05, 4.69) is 12.2 Å². The van der Waals surface area contributed by atoms with Crippen molar-refractivity contribution in [1.29, 1.82) is 0 Å². The molecule has 1 aromatic carbocycles. The molecule has 0 saturated heterocycles. The average Bonchev–Trinajstić information content (AvgIpc) is 3.24. The topological polar surface area (TPSA) is 75.7 Å². The number of ether oxygens (including phenoxy) is 1. The Morgan fingerprint density at radius 2 is 1.93 bits per heavy atom. The second-order valence-corrected chi connectivity index (χ2v) is 10.1. The number of hydrogen-bond donors (Lipinski definition) is 1. The highest BCUT2D eigenvalue weighted by molar-refractivity contribution is 7.94. The molecule has 2 aromatic rings. The number of benzene rings is 1. The minimum absolute atomic E-state index is 0.100. The Kier molecular flexibility index (Phi) is 6.61. The van der Waals surface area contributed by atoms with Gasteiger partial charge in [0.25, 0.3) is 10.0 Å². The minimum atomic E-state index is -3.83. The Balaban J connectivity index is 1.84. The standard InChI is InChI=1S/C20H26N2O4S2/c1-15-6-3-4-7-18(15)21-19(23)14-22(16-9-11-17(26-2)12-10-16)28(24,25)20-8-5-13-27-20/h5,8-13,15,18H,3-4,6-7,14H2,1-2H3,(H,21,23). The monoisotopic (exact) mass is 422 g/mol. The van der Waals surface area contributed by atoms with Crippen molar-refractivity contribution >= 4 is 33.0 Å². The van der Waals surface area contributed by atoms with Gasteiger partial charge in [0.15, 0.2) is 0 Å². The lowest BCUT2D eigenvalue weighted by Gasteiger charge is -2.31. The van der Waals surface area contributed by atoms with Crippen LogP contribution in [0.15, 0.2) is 46.0 Å². The Morgan fingerprint density at radius 3 is 2.54 bits per heavy atom. The van der Waals surface area contributed by atoms with Crippen molar-refractivity contribution < 1.29 is 17.9 Å². The molecule has 2 atom stereocenters. The maximum Gasteiger partial charge on any atom is 0.274 e. The molecule has 1 saturated carbocycles. The summed E-state index contributed by atoms with van der Waals surface area (Å²) in [6.07, 6.45) is 4.29. The second-order valence-electron chi connectivity index (χ2n) is 7.08. The molecule has 8 heteroatoms. The third kappa shape index (κ3) is 4.67. The lowest BCUT2D eigenvalue weighted by Crippen LogP contribution is -2.47. The molecule has 0 radical (unpaired) electrons. The van der Waals surface area contributed by atoms with E-state index in [1.54, 1.807) is 48.9 Å². The van der Waals surface area contributed by atoms with Crippen LogP contribution in [-0.2, 0) is 14.8 Å². The summed E-state index contributed by atoms with van der Waals surface area (Å²) in [5.41, 5.74) is 0.432. The van der Waals surface area contributed by atoms with Gasteiger partial charge in [-0.2, -0.15) is 0 Å². The number of rotatable bonds is 7. The molecule has 28 heavy (non-hydrogen) atoms. The Labute approximate surface area is 170 Å². The van der Waals surface area contributed by atoms with Crippen LogP contribution in [0.3, 0.4) is 0 Å². The average molecular weight is 423 g/mol. The fourth-order valence-corrected chi connectivity index (χ4v) is 6.02. The number of thiophene rings is 1. The van der Waals surface area contributed by atoms with E-state index in [-0.39, 0.29) is 22.7 Å². The van der Waals surface area contributed by atoms with Gasteiger partial charge in [0, 0.05) is 6.04 Å². The van der Waals surface area contributed by atoms with E-state index in [1.807, 2.05) is 0 Å². The highest BCUT2D eigenvalue weighted by Gasteiger charge is 2.30. The molecule has 1 N–H and O–H groups in total. The van der Waals surface area contributed by atoms with Crippen LogP contribution in [0, 0.1) is 5.92 Å². The van der Waals surface area contributed by atoms with E-state index in [0.29, 0.717) is 17.4 Å². The minimum Gasteiger partial charge on any atom is -0.497 e. The first-order valence-electron chi connectivity index (χ1n) is 9.41. The molecule has 0 aliphatic heterocycles. The van der Waals surface area contributed by atoms with E-state index < -0.39 is 10.0 Å². The first-order valence-corrected chi connectivity index (χ1v) is 11.7. The summed E-state index contributed by atoms with van der Waals surface area (Å²) in [4.78, 5) is 12.7. The van der Waals surface area contributed by atoms with Crippen molar-refractivity contribution in [2.75, 3.05) is 18.0 Å². The van der Waals surface area contributed by atoms with Crippen LogP contribution in [0.5, 0.6) is 5.75 Å². The van der Waals surface area contributed by atoms with Crippen molar-refractivity contribution in [3.63, 3.8) is 0 Å². The zero-order valence-electron chi connectivity index (χ0n) is 16.1. The van der Waals surface area contributed by atoms with E-state index in [1.165, 1.54) is 10.7 Å². The molecule has 152 valence electrons. The maximum absolute atomic E-state index is 13.2. The third-order valence-corrected chi connectivity index (χ3v) is 8.29. The number of hydrogen-bond acceptors (Lipinski definition) is 5. The van der Waals surface area contributed by atoms with Gasteiger partial charge >= 0.3 is 0 Å². The molecule has 1 aliphatic carbocycles. The summed E-state index contributed by atoms with van der Waals surface area (Å²) >= 11 is 1.14. The molecule has 2 unspecified atom stereocenters. The fourth-order valence-electron chi connectivity index (χ4n) is 3.50. The van der Waals surface area contributed by atoms with Gasteiger partial charge in [-0.3, -0.25) is 9.10 Å². The normalized spacial score (nSPS) is 19.8. The van der Waals surface area contributed by atoms with E-state index in [0.717, 1.165) is 30.6 Å². The highest BCUT2D eigenvalue weighted by atomic mass is 32.2. The summed E-state index contributed by atoms with van der Waals surface area (Å²) in [5.74, 6) is 0.744. The van der Waals surface area contributed by atoms with Gasteiger partial charge in [0.05, 0.1) is 12.8 Å². The highest BCUT2D eigenvalue weighted by Crippen LogP contribution is 2.28. The molecule has 1 aromatic heterocycles. The third-order valence-electron chi connectivity index (χ3n) is 5.14. The van der Waals surface area contributed by atoms with Gasteiger partial charge in [0.1, 0.15) is 16.5 Å². The Hall–Kier alpha value is -2.06. The van der Waals surface area contributed by atoms with Crippen LogP contribution in [0.25, 0.3) is 0 Å². The SMILES string of the molecule is COc1ccc(N(CC(=O)NC2CCCCC2C)S(=O)(=O)c2cccs2)cc1. The van der Waals surface area contributed by atoms with Crippen LogP contribution in [0.2, 0.25) is 0 Å². The van der Waals surface area contributed by atoms with Crippen LogP contribution < -0.4 is 14.4 Å². The lowest BCUT2D eigenvalue weighted by molar-refractivity contribution is -0.120. The smallest absolute Gasteiger partial charge is 0.274 e. The van der Waals surface area contributed by atoms with Crippen molar-refractivity contribution in [2.24, 2.45) is 5.92 Å². The Morgan fingerprint density at radius 1 is 1.21 bits per heavy atom. The lowest BCUT2D eigenvalue weighted by atomic mass is 9.86. The van der Waals surface area contributed by atoms with Gasteiger partial charge < -0.3 is 10.1 Å². The number of methoxy groups -OCH3 is 1. The molecule has 0 spiro atoms. The first-order chi connectivity index (χ1) is 13.4. The summed E-state index contributed by atoms with van der Waals surface area (Å²) < 4.78 is 32.9. The largest absolute Gasteiger partial charge is 0.497 e. The number of sulfonamides is 1. The van der Waals surface area contributed by atoms with Gasteiger partial charge in [0.2, 0.25) is 5.91 Å². The van der Waals surface area contributed by atoms with Gasteiger partial charge in [-0.05, 0) is 54.5 Å². The number of amides is 1. The van der Waals surface area contributed by atoms with Gasteiger partial charge in [-0.25, -0.2) is 8.42 Å². The van der Waals surface area contributed by atoms with Crippen molar-refractivity contribution in [2.45, 2.75) is 42.9 Å². The first kappa shape index (κ1) is 20.7. The van der Waals surface area contributed by atoms with Crippen molar-refractivity contribution in [3.8, 4) is 5.75 Å². The predicted molar refractivity (Wildman–Crippen MR) is 111 cm³/mol. The molecular formula is C20H26N2O4S2. The summed E-state index contributed by atoms with van der Waals surface area (Å²) in [7, 11) is -2.28. The Bertz CT molecular complexity index is 879. The quantitative estimate of drug-likeness (QED) is 0.739. The molecule has 3 rings (SSSR count). The van der Waals surface area contributed by atoms with E-state index in [4.69, 9.17) is 4.74 Å². The molecule has 1 fully saturated rings. The number of anilines is 1. The van der Waals surface area contributed by atoms with Crippen LogP contribution in [0.4, 0.5) is 5.69 Å². The van der Waals surface area contributed by atoms with E-state index in [9.17, 15) is 13.2 Å². The number of nitrogens with one attached hydrogen (secondary N) is 1. The van der Waals surface area contributed by atoms with Crippen LogP contribution in [0.1, 0.15) is 32.6 Å². The van der Waals surface area contributed by atoms with Gasteiger partial charge in [-0.15, -0.1) is 11.3 Å². The van der Waals surface area contributed by atoms with Crippen LogP contribution >= 0.6 is 11.3 Å². The summed E-state index contributed by atoms with van der Waals surface area (Å²) in [6.45, 7) is 1.88. The molecular weight excluding hydrogens is 396 g/mol.